The van der Waals surface area contributed by atoms with E-state index in [4.69, 9.17) is 0 Å². The molecule has 4 nitrogen and oxygen atoms in total. The number of alkyl halides is 3. The van der Waals surface area contributed by atoms with Gasteiger partial charge in [-0.3, -0.25) is 4.79 Å². The fourth-order valence-electron chi connectivity index (χ4n) is 2.98. The first-order valence-corrected chi connectivity index (χ1v) is 9.03. The summed E-state index contributed by atoms with van der Waals surface area (Å²) in [4.78, 5) is 19.8. The monoisotopic (exact) mass is 393 g/mol. The zero-order chi connectivity index (χ0) is 20.3. The second-order valence-corrected chi connectivity index (χ2v) is 6.59. The highest BCUT2D eigenvalue weighted by atomic mass is 19.4. The minimum atomic E-state index is -4.57. The largest absolute Gasteiger partial charge is 0.419 e. The number of aromatic nitrogens is 3. The van der Waals surface area contributed by atoms with E-state index in [0.717, 1.165) is 31.7 Å². The van der Waals surface area contributed by atoms with Crippen LogP contribution in [0.3, 0.4) is 0 Å². The normalized spacial score (nSPS) is 11.9. The van der Waals surface area contributed by atoms with Gasteiger partial charge in [0, 0.05) is 25.1 Å². The van der Waals surface area contributed by atoms with E-state index in [1.54, 1.807) is 16.8 Å². The molecule has 0 aliphatic carbocycles. The Morgan fingerprint density at radius 2 is 1.79 bits per heavy atom. The molecule has 3 aromatic rings. The smallest absolute Gasteiger partial charge is 0.315 e. The van der Waals surface area contributed by atoms with E-state index in [2.05, 4.69) is 16.9 Å². The van der Waals surface area contributed by atoms with E-state index in [9.17, 15) is 22.4 Å². The van der Waals surface area contributed by atoms with E-state index >= 15 is 0 Å². The van der Waals surface area contributed by atoms with Crippen LogP contribution in [0.1, 0.15) is 38.2 Å². The highest BCUT2D eigenvalue weighted by Gasteiger charge is 2.31. The van der Waals surface area contributed by atoms with Gasteiger partial charge < -0.3 is 4.57 Å². The van der Waals surface area contributed by atoms with Gasteiger partial charge in [-0.05, 0) is 30.0 Å². The van der Waals surface area contributed by atoms with Gasteiger partial charge >= 0.3 is 6.18 Å². The van der Waals surface area contributed by atoms with Gasteiger partial charge in [0.1, 0.15) is 5.82 Å². The molecule has 0 spiro atoms. The summed E-state index contributed by atoms with van der Waals surface area (Å²) in [6.45, 7) is 2.66. The van der Waals surface area contributed by atoms with Crippen LogP contribution in [-0.2, 0) is 12.7 Å². The molecule has 0 aliphatic rings. The lowest BCUT2D eigenvalue weighted by atomic mass is 10.1. The summed E-state index contributed by atoms with van der Waals surface area (Å²) >= 11 is 0. The standard InChI is InChI=1S/C20H19F4N3O/c1-2-3-4-5-7-27-8-6-13-9-16(17(21)10-15(13)19(27)28)18-25-11-14(12-26-18)20(22,23)24/h6,8-12H,2-5,7H2,1H3. The van der Waals surface area contributed by atoms with Crippen molar-refractivity contribution < 1.29 is 17.6 Å². The Morgan fingerprint density at radius 3 is 2.43 bits per heavy atom. The zero-order valence-electron chi connectivity index (χ0n) is 15.3. The molecule has 0 N–H and O–H groups in total. The Kier molecular flexibility index (Phi) is 5.76. The van der Waals surface area contributed by atoms with Crippen molar-refractivity contribution in [3.8, 4) is 11.4 Å². The van der Waals surface area contributed by atoms with Crippen LogP contribution in [0, 0.1) is 5.82 Å². The first-order valence-electron chi connectivity index (χ1n) is 9.03. The maximum absolute atomic E-state index is 14.6. The van der Waals surface area contributed by atoms with E-state index in [1.807, 2.05) is 0 Å². The predicted molar refractivity (Wildman–Crippen MR) is 98.3 cm³/mol. The van der Waals surface area contributed by atoms with Crippen molar-refractivity contribution in [2.45, 2.75) is 45.3 Å². The SMILES string of the molecule is CCCCCCn1ccc2cc(-c3ncc(C(F)(F)F)cn3)c(F)cc2c1=O. The summed E-state index contributed by atoms with van der Waals surface area (Å²) < 4.78 is 54.0. The number of aryl methyl sites for hydroxylation is 1. The van der Waals surface area contributed by atoms with Crippen LogP contribution in [0.15, 0.2) is 41.6 Å². The number of fused-ring (bicyclic) bond motifs is 1. The van der Waals surface area contributed by atoms with E-state index in [0.29, 0.717) is 24.3 Å². The van der Waals surface area contributed by atoms with Crippen LogP contribution in [0.25, 0.3) is 22.2 Å². The first-order chi connectivity index (χ1) is 13.3. The van der Waals surface area contributed by atoms with Crippen molar-refractivity contribution in [1.29, 1.82) is 0 Å². The zero-order valence-corrected chi connectivity index (χ0v) is 15.3. The molecule has 0 saturated heterocycles. The first kappa shape index (κ1) is 20.0. The van der Waals surface area contributed by atoms with Gasteiger partial charge in [0.15, 0.2) is 5.82 Å². The van der Waals surface area contributed by atoms with E-state index in [1.165, 1.54) is 6.07 Å². The molecule has 1 aromatic carbocycles. The van der Waals surface area contributed by atoms with Gasteiger partial charge in [0.2, 0.25) is 0 Å². The van der Waals surface area contributed by atoms with Crippen LogP contribution >= 0.6 is 0 Å². The Bertz CT molecular complexity index is 1030. The fraction of sp³-hybridized carbons (Fsp3) is 0.350. The summed E-state index contributed by atoms with van der Waals surface area (Å²) in [5.41, 5.74) is -1.36. The molecule has 0 radical (unpaired) electrons. The molecular weight excluding hydrogens is 374 g/mol. The molecule has 3 rings (SSSR count). The number of rotatable bonds is 6. The van der Waals surface area contributed by atoms with Crippen molar-refractivity contribution in [3.05, 3.63) is 58.5 Å². The summed E-state index contributed by atoms with van der Waals surface area (Å²) in [6, 6.07) is 4.16. The minimum absolute atomic E-state index is 0.0543. The van der Waals surface area contributed by atoms with Gasteiger partial charge in [-0.15, -0.1) is 0 Å². The van der Waals surface area contributed by atoms with Crippen molar-refractivity contribution in [3.63, 3.8) is 0 Å². The number of unbranched alkanes of at least 4 members (excludes halogenated alkanes) is 3. The molecule has 0 saturated carbocycles. The quantitative estimate of drug-likeness (QED) is 0.427. The van der Waals surface area contributed by atoms with E-state index < -0.39 is 17.6 Å². The van der Waals surface area contributed by atoms with Crippen LogP contribution in [0.2, 0.25) is 0 Å². The Hall–Kier alpha value is -2.77. The van der Waals surface area contributed by atoms with Crippen LogP contribution in [0.4, 0.5) is 17.6 Å². The molecule has 28 heavy (non-hydrogen) atoms. The van der Waals surface area contributed by atoms with Gasteiger partial charge in [-0.1, -0.05) is 26.2 Å². The number of nitrogens with zero attached hydrogens (tertiary/aromatic N) is 3. The van der Waals surface area contributed by atoms with Crippen LogP contribution < -0.4 is 5.56 Å². The lowest BCUT2D eigenvalue weighted by molar-refractivity contribution is -0.138. The molecular formula is C20H19F4N3O. The summed E-state index contributed by atoms with van der Waals surface area (Å²) in [5.74, 6) is -0.927. The van der Waals surface area contributed by atoms with Crippen LogP contribution in [-0.4, -0.2) is 14.5 Å². The average molecular weight is 393 g/mol. The summed E-state index contributed by atoms with van der Waals surface area (Å²) in [5, 5.41) is 0.695. The maximum atomic E-state index is 14.6. The van der Waals surface area contributed by atoms with Gasteiger partial charge in [0.25, 0.3) is 5.56 Å². The Morgan fingerprint density at radius 1 is 1.07 bits per heavy atom. The Labute approximate surface area is 158 Å². The second kappa shape index (κ2) is 8.08. The van der Waals surface area contributed by atoms with Crippen molar-refractivity contribution in [2.75, 3.05) is 0 Å². The molecule has 0 aliphatic heterocycles. The van der Waals surface area contributed by atoms with Crippen LogP contribution in [0.5, 0.6) is 0 Å². The van der Waals surface area contributed by atoms with E-state index in [-0.39, 0.29) is 22.3 Å². The average Bonchev–Trinajstić information content (AvgIpc) is 2.66. The lowest BCUT2D eigenvalue weighted by Crippen LogP contribution is -2.19. The molecule has 0 unspecified atom stereocenters. The number of benzene rings is 1. The predicted octanol–water partition coefficient (Wildman–Crippen LogP) is 5.20. The van der Waals surface area contributed by atoms with Gasteiger partial charge in [-0.25, -0.2) is 14.4 Å². The molecule has 2 aromatic heterocycles. The number of hydrogen-bond donors (Lipinski definition) is 0. The fourth-order valence-corrected chi connectivity index (χ4v) is 2.98. The number of pyridine rings is 1. The molecule has 0 bridgehead atoms. The lowest BCUT2D eigenvalue weighted by Gasteiger charge is -2.10. The molecule has 8 heteroatoms. The number of halogens is 4. The Balaban J connectivity index is 1.94. The van der Waals surface area contributed by atoms with Gasteiger partial charge in [-0.2, -0.15) is 13.2 Å². The van der Waals surface area contributed by atoms with Crippen molar-refractivity contribution >= 4 is 10.8 Å². The minimum Gasteiger partial charge on any atom is -0.315 e. The van der Waals surface area contributed by atoms with Crippen molar-refractivity contribution in [1.82, 2.24) is 14.5 Å². The third kappa shape index (κ3) is 4.21. The second-order valence-electron chi connectivity index (χ2n) is 6.59. The topological polar surface area (TPSA) is 47.8 Å². The van der Waals surface area contributed by atoms with Crippen molar-refractivity contribution in [2.24, 2.45) is 0 Å². The molecule has 2 heterocycles. The molecule has 148 valence electrons. The molecule has 0 fully saturated rings. The molecule has 0 amide bonds. The highest BCUT2D eigenvalue weighted by molar-refractivity contribution is 5.85. The van der Waals surface area contributed by atoms with Gasteiger partial charge in [0.05, 0.1) is 16.5 Å². The third-order valence-corrected chi connectivity index (χ3v) is 4.54. The summed E-state index contributed by atoms with van der Waals surface area (Å²) in [7, 11) is 0. The maximum Gasteiger partial charge on any atom is 0.419 e. The molecule has 0 atom stereocenters. The third-order valence-electron chi connectivity index (χ3n) is 4.54. The summed E-state index contributed by atoms with van der Waals surface area (Å²) in [6.07, 6.45) is 2.36. The number of hydrogen-bond acceptors (Lipinski definition) is 3. The highest BCUT2D eigenvalue weighted by Crippen LogP contribution is 2.29.